The van der Waals surface area contributed by atoms with E-state index in [-0.39, 0.29) is 0 Å². The summed E-state index contributed by atoms with van der Waals surface area (Å²) in [6.07, 6.45) is 2.70. The summed E-state index contributed by atoms with van der Waals surface area (Å²) in [4.78, 5) is 12.2. The molecule has 0 saturated carbocycles. The van der Waals surface area contributed by atoms with Crippen LogP contribution in [0.2, 0.25) is 0 Å². The van der Waals surface area contributed by atoms with Crippen molar-refractivity contribution in [2.45, 2.75) is 37.1 Å². The number of carboxylic acid groups (broad SMARTS) is 1. The second-order valence-electron chi connectivity index (χ2n) is 4.15. The van der Waals surface area contributed by atoms with Crippen LogP contribution < -0.4 is 5.32 Å². The molecule has 18 heavy (non-hydrogen) atoms. The van der Waals surface area contributed by atoms with Gasteiger partial charge in [-0.25, -0.2) is 0 Å². The molecular formula is C14H21NO2S. The molecule has 1 atom stereocenters. The monoisotopic (exact) mass is 267 g/mol. The number of benzene rings is 1. The van der Waals surface area contributed by atoms with E-state index in [9.17, 15) is 4.79 Å². The molecule has 0 saturated heterocycles. The largest absolute Gasteiger partial charge is 0.480 e. The van der Waals surface area contributed by atoms with Crippen LogP contribution in [0.5, 0.6) is 0 Å². The van der Waals surface area contributed by atoms with Crippen molar-refractivity contribution in [2.75, 3.05) is 12.3 Å². The van der Waals surface area contributed by atoms with Crippen molar-refractivity contribution in [3.05, 3.63) is 30.3 Å². The van der Waals surface area contributed by atoms with E-state index in [0.717, 1.165) is 25.1 Å². The van der Waals surface area contributed by atoms with Crippen molar-refractivity contribution in [3.63, 3.8) is 0 Å². The zero-order chi connectivity index (χ0) is 13.2. The maximum atomic E-state index is 11.0. The lowest BCUT2D eigenvalue weighted by Crippen LogP contribution is -2.37. The van der Waals surface area contributed by atoms with Crippen LogP contribution in [-0.4, -0.2) is 29.4 Å². The fourth-order valence-electron chi connectivity index (χ4n) is 1.64. The Labute approximate surface area is 113 Å². The third-order valence-corrected chi connectivity index (χ3v) is 3.66. The second kappa shape index (κ2) is 9.00. The molecule has 4 heteroatoms. The number of rotatable bonds is 9. The summed E-state index contributed by atoms with van der Waals surface area (Å²) in [7, 11) is 0. The van der Waals surface area contributed by atoms with Crippen LogP contribution in [0, 0.1) is 0 Å². The minimum Gasteiger partial charge on any atom is -0.480 e. The molecule has 2 N–H and O–H groups in total. The average Bonchev–Trinajstić information content (AvgIpc) is 2.38. The molecule has 1 rings (SSSR count). The minimum absolute atomic E-state index is 0.402. The van der Waals surface area contributed by atoms with E-state index in [4.69, 9.17) is 5.11 Å². The first-order valence-electron chi connectivity index (χ1n) is 6.38. The van der Waals surface area contributed by atoms with E-state index in [1.54, 1.807) is 11.8 Å². The highest BCUT2D eigenvalue weighted by molar-refractivity contribution is 7.99. The van der Waals surface area contributed by atoms with Gasteiger partial charge in [0.05, 0.1) is 0 Å². The predicted molar refractivity (Wildman–Crippen MR) is 76.1 cm³/mol. The quantitative estimate of drug-likeness (QED) is 0.533. The van der Waals surface area contributed by atoms with E-state index in [0.29, 0.717) is 6.42 Å². The zero-order valence-corrected chi connectivity index (χ0v) is 11.6. The van der Waals surface area contributed by atoms with Crippen molar-refractivity contribution >= 4 is 17.7 Å². The molecule has 1 unspecified atom stereocenters. The van der Waals surface area contributed by atoms with E-state index in [1.165, 1.54) is 4.90 Å². The Bertz CT molecular complexity index is 343. The maximum Gasteiger partial charge on any atom is 0.320 e. The summed E-state index contributed by atoms with van der Waals surface area (Å²) in [6.45, 7) is 2.80. The molecule has 0 aliphatic rings. The Morgan fingerprint density at radius 1 is 1.39 bits per heavy atom. The Morgan fingerprint density at radius 2 is 2.11 bits per heavy atom. The fraction of sp³-hybridized carbons (Fsp3) is 0.500. The highest BCUT2D eigenvalue weighted by Gasteiger charge is 2.14. The lowest BCUT2D eigenvalue weighted by molar-refractivity contribution is -0.139. The van der Waals surface area contributed by atoms with Gasteiger partial charge >= 0.3 is 5.97 Å². The zero-order valence-electron chi connectivity index (χ0n) is 10.8. The van der Waals surface area contributed by atoms with Crippen LogP contribution in [0.3, 0.4) is 0 Å². The van der Waals surface area contributed by atoms with Crippen LogP contribution in [0.4, 0.5) is 0 Å². The third kappa shape index (κ3) is 6.07. The van der Waals surface area contributed by atoms with E-state index >= 15 is 0 Å². The highest BCUT2D eigenvalue weighted by Crippen LogP contribution is 2.15. The standard InChI is InChI=1S/C14H21NO2S/c1-2-3-9-13(14(16)17)15-10-11-18-12-7-5-4-6-8-12/h4-8,13,15H,2-3,9-11H2,1H3,(H,16,17). The summed E-state index contributed by atoms with van der Waals surface area (Å²) >= 11 is 1.74. The normalized spacial score (nSPS) is 12.3. The number of hydrogen-bond donors (Lipinski definition) is 2. The van der Waals surface area contributed by atoms with Gasteiger partial charge in [0, 0.05) is 17.2 Å². The molecule has 1 aromatic rings. The first-order chi connectivity index (χ1) is 8.74. The van der Waals surface area contributed by atoms with Crippen molar-refractivity contribution in [2.24, 2.45) is 0 Å². The number of thioether (sulfide) groups is 1. The van der Waals surface area contributed by atoms with Gasteiger partial charge in [0.2, 0.25) is 0 Å². The molecule has 0 heterocycles. The first kappa shape index (κ1) is 15.1. The van der Waals surface area contributed by atoms with E-state index < -0.39 is 12.0 Å². The fourth-order valence-corrected chi connectivity index (χ4v) is 2.45. The van der Waals surface area contributed by atoms with Gasteiger partial charge < -0.3 is 10.4 Å². The lowest BCUT2D eigenvalue weighted by atomic mass is 10.1. The molecule has 0 radical (unpaired) electrons. The molecule has 1 aromatic carbocycles. The van der Waals surface area contributed by atoms with Crippen LogP contribution in [0.15, 0.2) is 35.2 Å². The summed E-state index contributed by atoms with van der Waals surface area (Å²) in [5.74, 6) is 0.146. The van der Waals surface area contributed by atoms with Crippen molar-refractivity contribution in [1.82, 2.24) is 5.32 Å². The SMILES string of the molecule is CCCCC(NCCSc1ccccc1)C(=O)O. The van der Waals surface area contributed by atoms with Gasteiger partial charge in [-0.05, 0) is 18.6 Å². The molecule has 0 aromatic heterocycles. The Balaban J connectivity index is 2.20. The van der Waals surface area contributed by atoms with Crippen LogP contribution in [-0.2, 0) is 4.79 Å². The molecule has 0 amide bonds. The van der Waals surface area contributed by atoms with Crippen LogP contribution in [0.1, 0.15) is 26.2 Å². The van der Waals surface area contributed by atoms with Gasteiger partial charge in [0.25, 0.3) is 0 Å². The smallest absolute Gasteiger partial charge is 0.320 e. The van der Waals surface area contributed by atoms with Crippen molar-refractivity contribution in [1.29, 1.82) is 0 Å². The topological polar surface area (TPSA) is 49.3 Å². The van der Waals surface area contributed by atoms with Gasteiger partial charge in [0.15, 0.2) is 0 Å². The van der Waals surface area contributed by atoms with Crippen molar-refractivity contribution in [3.8, 4) is 0 Å². The highest BCUT2D eigenvalue weighted by atomic mass is 32.2. The molecule has 0 aliphatic heterocycles. The number of carboxylic acids is 1. The first-order valence-corrected chi connectivity index (χ1v) is 7.36. The molecule has 0 fully saturated rings. The van der Waals surface area contributed by atoms with Gasteiger partial charge in [-0.3, -0.25) is 4.79 Å². The van der Waals surface area contributed by atoms with Crippen LogP contribution >= 0.6 is 11.8 Å². The van der Waals surface area contributed by atoms with Gasteiger partial charge in [-0.2, -0.15) is 0 Å². The van der Waals surface area contributed by atoms with Gasteiger partial charge in [-0.1, -0.05) is 38.0 Å². The predicted octanol–water partition coefficient (Wildman–Crippen LogP) is 3.01. The summed E-state index contributed by atoms with van der Waals surface area (Å²) in [5, 5.41) is 12.2. The van der Waals surface area contributed by atoms with E-state index in [2.05, 4.69) is 24.4 Å². The number of unbranched alkanes of at least 4 members (excludes halogenated alkanes) is 1. The van der Waals surface area contributed by atoms with Gasteiger partial charge in [0.1, 0.15) is 6.04 Å². The molecule has 0 spiro atoms. The maximum absolute atomic E-state index is 11.0. The molecule has 3 nitrogen and oxygen atoms in total. The summed E-state index contributed by atoms with van der Waals surface area (Å²) < 4.78 is 0. The Kier molecular flexibility index (Phi) is 7.53. The number of nitrogens with one attached hydrogen (secondary N) is 1. The number of hydrogen-bond acceptors (Lipinski definition) is 3. The number of aliphatic carboxylic acids is 1. The molecule has 0 aliphatic carbocycles. The average molecular weight is 267 g/mol. The summed E-state index contributed by atoms with van der Waals surface area (Å²) in [5.41, 5.74) is 0. The number of carbonyl (C=O) groups is 1. The van der Waals surface area contributed by atoms with E-state index in [1.807, 2.05) is 18.2 Å². The van der Waals surface area contributed by atoms with Crippen molar-refractivity contribution < 1.29 is 9.90 Å². The molecule has 0 bridgehead atoms. The second-order valence-corrected chi connectivity index (χ2v) is 5.32. The Morgan fingerprint density at radius 3 is 2.72 bits per heavy atom. The summed E-state index contributed by atoms with van der Waals surface area (Å²) in [6, 6.07) is 9.75. The Hall–Kier alpha value is -1.00. The third-order valence-electron chi connectivity index (χ3n) is 2.65. The van der Waals surface area contributed by atoms with Crippen LogP contribution in [0.25, 0.3) is 0 Å². The lowest BCUT2D eigenvalue weighted by Gasteiger charge is -2.13. The molecule has 100 valence electrons. The van der Waals surface area contributed by atoms with Gasteiger partial charge in [-0.15, -0.1) is 11.8 Å². The minimum atomic E-state index is -0.742. The molecular weight excluding hydrogens is 246 g/mol.